The number of benzene rings is 2. The lowest BCUT2D eigenvalue weighted by atomic mass is 9.85. The van der Waals surface area contributed by atoms with Gasteiger partial charge in [0.1, 0.15) is 0 Å². The Morgan fingerprint density at radius 1 is 1.08 bits per heavy atom. The minimum absolute atomic E-state index is 0.0279. The van der Waals surface area contributed by atoms with E-state index in [1.54, 1.807) is 60.3 Å². The van der Waals surface area contributed by atoms with Crippen LogP contribution in [-0.2, 0) is 16.0 Å². The van der Waals surface area contributed by atoms with E-state index in [2.05, 4.69) is 4.98 Å². The average molecular weight is 548 g/mol. The van der Waals surface area contributed by atoms with Gasteiger partial charge in [0, 0.05) is 35.1 Å². The van der Waals surface area contributed by atoms with E-state index in [9.17, 15) is 19.5 Å². The van der Waals surface area contributed by atoms with Crippen LogP contribution in [0.2, 0.25) is 5.02 Å². The first-order valence-corrected chi connectivity index (χ1v) is 13.6. The smallest absolute Gasteiger partial charge is 0.309 e. The third-order valence-electron chi connectivity index (χ3n) is 7.54. The molecule has 0 saturated carbocycles. The molecular weight excluding hydrogens is 514 g/mol. The van der Waals surface area contributed by atoms with Crippen LogP contribution < -0.4 is 9.80 Å². The zero-order chi connectivity index (χ0) is 28.3. The van der Waals surface area contributed by atoms with Crippen molar-refractivity contribution in [3.05, 3.63) is 88.7 Å². The largest absolute Gasteiger partial charge is 0.481 e. The number of pyridine rings is 1. The summed E-state index contributed by atoms with van der Waals surface area (Å²) in [6.07, 6.45) is 4.89. The van der Waals surface area contributed by atoms with Crippen LogP contribution >= 0.6 is 11.6 Å². The lowest BCUT2D eigenvalue weighted by molar-refractivity contribution is -0.147. The molecule has 1 N–H and O–H groups in total. The fourth-order valence-electron chi connectivity index (χ4n) is 5.04. The van der Waals surface area contributed by atoms with E-state index in [0.29, 0.717) is 42.1 Å². The van der Waals surface area contributed by atoms with Crippen LogP contribution in [0.5, 0.6) is 0 Å². The van der Waals surface area contributed by atoms with Gasteiger partial charge in [-0.05, 0) is 101 Å². The van der Waals surface area contributed by atoms with Crippen molar-refractivity contribution in [2.24, 2.45) is 5.41 Å². The van der Waals surface area contributed by atoms with Gasteiger partial charge in [-0.3, -0.25) is 19.4 Å². The lowest BCUT2D eigenvalue weighted by Crippen LogP contribution is -2.47. The minimum atomic E-state index is -0.826. The van der Waals surface area contributed by atoms with E-state index in [0.717, 1.165) is 16.8 Å². The normalized spacial score (nSPS) is 16.9. The molecule has 39 heavy (non-hydrogen) atoms. The van der Waals surface area contributed by atoms with Crippen LogP contribution in [0.15, 0.2) is 67.0 Å². The molecule has 8 heteroatoms. The highest BCUT2D eigenvalue weighted by Crippen LogP contribution is 2.40. The molecule has 0 aliphatic carbocycles. The standard InChI is InChI=1S/C31H34ClN3O4/c1-5-34(24-12-10-23(32)11-13-24)29(37)26-18-20(2)35(27-19-33-17-15-25(26)27)28(36)22-8-6-21(7-9-22)14-16-31(3,4)30(38)39/h6-13,15,17,19-20,26H,5,14,16,18H2,1-4H3,(H,38,39)/t20-,26-/m0/s1. The Balaban J connectivity index is 1.57. The predicted molar refractivity (Wildman–Crippen MR) is 154 cm³/mol. The Labute approximate surface area is 234 Å². The van der Waals surface area contributed by atoms with E-state index < -0.39 is 17.3 Å². The van der Waals surface area contributed by atoms with Crippen molar-refractivity contribution in [2.45, 2.75) is 58.9 Å². The van der Waals surface area contributed by atoms with Crippen molar-refractivity contribution in [2.75, 3.05) is 16.3 Å². The fourth-order valence-corrected chi connectivity index (χ4v) is 5.16. The quantitative estimate of drug-likeness (QED) is 0.354. The number of rotatable bonds is 8. The van der Waals surface area contributed by atoms with Gasteiger partial charge in [0.2, 0.25) is 5.91 Å². The highest BCUT2D eigenvalue weighted by molar-refractivity contribution is 6.30. The third-order valence-corrected chi connectivity index (χ3v) is 7.79. The molecule has 3 aromatic rings. The molecule has 2 amide bonds. The molecule has 0 spiro atoms. The summed E-state index contributed by atoms with van der Waals surface area (Å²) in [5.41, 5.74) is 2.88. The zero-order valence-electron chi connectivity index (χ0n) is 22.7. The number of carboxylic acids is 1. The van der Waals surface area contributed by atoms with Crippen molar-refractivity contribution in [3.63, 3.8) is 0 Å². The van der Waals surface area contributed by atoms with Crippen LogP contribution in [0.25, 0.3) is 0 Å². The number of aryl methyl sites for hydroxylation is 1. The topological polar surface area (TPSA) is 90.8 Å². The minimum Gasteiger partial charge on any atom is -0.481 e. The molecule has 2 atom stereocenters. The maximum absolute atomic E-state index is 13.8. The van der Waals surface area contributed by atoms with E-state index in [4.69, 9.17) is 11.6 Å². The molecule has 1 aliphatic heterocycles. The number of likely N-dealkylation sites (N-methyl/N-ethyl adjacent to an activating group) is 1. The summed E-state index contributed by atoms with van der Waals surface area (Å²) >= 11 is 6.05. The molecule has 0 saturated heterocycles. The molecule has 0 fully saturated rings. The zero-order valence-corrected chi connectivity index (χ0v) is 23.5. The van der Waals surface area contributed by atoms with Gasteiger partial charge in [0.15, 0.2) is 0 Å². The number of aromatic nitrogens is 1. The molecule has 2 aromatic carbocycles. The second-order valence-electron chi connectivity index (χ2n) is 10.7. The number of carboxylic acid groups (broad SMARTS) is 1. The molecular formula is C31H34ClN3O4. The highest BCUT2D eigenvalue weighted by Gasteiger charge is 2.39. The van der Waals surface area contributed by atoms with Gasteiger partial charge in [0.25, 0.3) is 5.91 Å². The SMILES string of the molecule is CCN(C(=O)[C@H]1C[C@H](C)N(C(=O)c2ccc(CCC(C)(C)C(=O)O)cc2)c2cnccc21)c1ccc(Cl)cc1. The number of aliphatic carboxylic acids is 1. The summed E-state index contributed by atoms with van der Waals surface area (Å²) in [5, 5.41) is 9.97. The second kappa shape index (κ2) is 11.6. The Morgan fingerprint density at radius 3 is 2.36 bits per heavy atom. The van der Waals surface area contributed by atoms with E-state index in [1.807, 2.05) is 44.2 Å². The molecule has 2 heterocycles. The number of carbonyl (C=O) groups excluding carboxylic acids is 2. The lowest BCUT2D eigenvalue weighted by Gasteiger charge is -2.40. The van der Waals surface area contributed by atoms with Gasteiger partial charge in [-0.2, -0.15) is 0 Å². The first kappa shape index (κ1) is 28.3. The summed E-state index contributed by atoms with van der Waals surface area (Å²) in [4.78, 5) is 46.7. The maximum Gasteiger partial charge on any atom is 0.309 e. The van der Waals surface area contributed by atoms with Crippen LogP contribution in [-0.4, -0.2) is 40.5 Å². The molecule has 7 nitrogen and oxygen atoms in total. The Kier molecular flexibility index (Phi) is 8.40. The Hall–Kier alpha value is -3.71. The van der Waals surface area contributed by atoms with Crippen LogP contribution in [0.3, 0.4) is 0 Å². The maximum atomic E-state index is 13.8. The number of nitrogens with zero attached hydrogens (tertiary/aromatic N) is 3. The molecule has 0 unspecified atom stereocenters. The van der Waals surface area contributed by atoms with E-state index in [-0.39, 0.29) is 17.9 Å². The molecule has 0 radical (unpaired) electrons. The summed E-state index contributed by atoms with van der Waals surface area (Å²) in [6, 6.07) is 16.1. The van der Waals surface area contributed by atoms with Crippen molar-refractivity contribution >= 4 is 40.8 Å². The van der Waals surface area contributed by atoms with Crippen molar-refractivity contribution in [1.29, 1.82) is 0 Å². The monoisotopic (exact) mass is 547 g/mol. The van der Waals surface area contributed by atoms with Crippen LogP contribution in [0.4, 0.5) is 11.4 Å². The number of fused-ring (bicyclic) bond motifs is 1. The van der Waals surface area contributed by atoms with Gasteiger partial charge in [-0.1, -0.05) is 23.7 Å². The molecule has 1 aromatic heterocycles. The fraction of sp³-hybridized carbons (Fsp3) is 0.355. The summed E-state index contributed by atoms with van der Waals surface area (Å²) in [5.74, 6) is -1.43. The number of halogens is 1. The molecule has 204 valence electrons. The molecule has 0 bridgehead atoms. The van der Waals surface area contributed by atoms with Gasteiger partial charge >= 0.3 is 5.97 Å². The molecule has 4 rings (SSSR count). The Morgan fingerprint density at radius 2 is 1.74 bits per heavy atom. The summed E-state index contributed by atoms with van der Waals surface area (Å²) in [7, 11) is 0. The summed E-state index contributed by atoms with van der Waals surface area (Å²) in [6.45, 7) is 7.82. The highest BCUT2D eigenvalue weighted by atomic mass is 35.5. The number of hydrogen-bond acceptors (Lipinski definition) is 4. The van der Waals surface area contributed by atoms with Crippen molar-refractivity contribution in [3.8, 4) is 0 Å². The number of amides is 2. The summed E-state index contributed by atoms with van der Waals surface area (Å²) < 4.78 is 0. The van der Waals surface area contributed by atoms with Gasteiger partial charge in [-0.15, -0.1) is 0 Å². The Bertz CT molecular complexity index is 1360. The third kappa shape index (κ3) is 5.98. The molecule has 1 aliphatic rings. The van der Waals surface area contributed by atoms with E-state index in [1.165, 1.54) is 0 Å². The second-order valence-corrected chi connectivity index (χ2v) is 11.1. The predicted octanol–water partition coefficient (Wildman–Crippen LogP) is 6.35. The van der Waals surface area contributed by atoms with Crippen LogP contribution in [0, 0.1) is 5.41 Å². The number of carbonyl (C=O) groups is 3. The van der Waals surface area contributed by atoms with Gasteiger partial charge in [-0.25, -0.2) is 0 Å². The van der Waals surface area contributed by atoms with E-state index >= 15 is 0 Å². The number of anilines is 2. The van der Waals surface area contributed by atoms with Crippen molar-refractivity contribution in [1.82, 2.24) is 4.98 Å². The van der Waals surface area contributed by atoms with Crippen LogP contribution in [0.1, 0.15) is 67.9 Å². The van der Waals surface area contributed by atoms with Gasteiger partial charge < -0.3 is 14.9 Å². The number of hydrogen-bond donors (Lipinski definition) is 1. The first-order chi connectivity index (χ1) is 18.5. The van der Waals surface area contributed by atoms with Gasteiger partial charge in [0.05, 0.1) is 23.2 Å². The van der Waals surface area contributed by atoms with Crippen molar-refractivity contribution < 1.29 is 19.5 Å². The average Bonchev–Trinajstić information content (AvgIpc) is 2.92. The first-order valence-electron chi connectivity index (χ1n) is 13.2.